The molecule has 2 aromatic carbocycles. The van der Waals surface area contributed by atoms with E-state index < -0.39 is 6.04 Å². The van der Waals surface area contributed by atoms with Crippen molar-refractivity contribution in [3.05, 3.63) is 64.2 Å². The van der Waals surface area contributed by atoms with Crippen molar-refractivity contribution in [3.63, 3.8) is 0 Å². The fourth-order valence-corrected chi connectivity index (χ4v) is 4.35. The second kappa shape index (κ2) is 9.75. The van der Waals surface area contributed by atoms with Gasteiger partial charge in [0.15, 0.2) is 0 Å². The van der Waals surface area contributed by atoms with Crippen LogP contribution in [-0.2, 0) is 9.53 Å². The van der Waals surface area contributed by atoms with Crippen LogP contribution in [0.25, 0.3) is 16.6 Å². The number of aromatic nitrogens is 2. The summed E-state index contributed by atoms with van der Waals surface area (Å²) in [6.07, 6.45) is 2.87. The lowest BCUT2D eigenvalue weighted by Gasteiger charge is -2.36. The van der Waals surface area contributed by atoms with E-state index in [9.17, 15) is 9.59 Å². The molecule has 1 heterocycles. The third-order valence-electron chi connectivity index (χ3n) is 6.49. The predicted molar refractivity (Wildman–Crippen MR) is 128 cm³/mol. The van der Waals surface area contributed by atoms with Crippen molar-refractivity contribution in [3.8, 4) is 11.4 Å². The summed E-state index contributed by atoms with van der Waals surface area (Å²) in [5, 5.41) is 0.519. The SMILES string of the molecule is COCCN(C(=O)C1CCC1)C(C)c1nc2ccccc2c(=O)n1-c1cc(C)ccc1OC. The van der Waals surface area contributed by atoms with E-state index in [0.717, 1.165) is 24.8 Å². The minimum absolute atomic E-state index is 0.0263. The third kappa shape index (κ3) is 4.37. The Morgan fingerprint density at radius 2 is 1.97 bits per heavy atom. The van der Waals surface area contributed by atoms with Gasteiger partial charge in [-0.05, 0) is 56.5 Å². The molecule has 0 spiro atoms. The van der Waals surface area contributed by atoms with Crippen LogP contribution in [-0.4, -0.2) is 47.7 Å². The lowest BCUT2D eigenvalue weighted by atomic mass is 9.84. The van der Waals surface area contributed by atoms with Gasteiger partial charge in [0.2, 0.25) is 5.91 Å². The van der Waals surface area contributed by atoms with Crippen molar-refractivity contribution < 1.29 is 14.3 Å². The molecule has 0 saturated heterocycles. The normalized spacial score (nSPS) is 14.7. The largest absolute Gasteiger partial charge is 0.495 e. The van der Waals surface area contributed by atoms with Crippen LogP contribution in [0.1, 0.15) is 43.6 Å². The fraction of sp³-hybridized carbons (Fsp3) is 0.423. The van der Waals surface area contributed by atoms with Gasteiger partial charge in [-0.3, -0.25) is 14.2 Å². The van der Waals surface area contributed by atoms with Gasteiger partial charge in [-0.1, -0.05) is 24.6 Å². The number of fused-ring (bicyclic) bond motifs is 1. The van der Waals surface area contributed by atoms with E-state index >= 15 is 0 Å². The Labute approximate surface area is 194 Å². The number of amides is 1. The molecule has 1 atom stereocenters. The summed E-state index contributed by atoms with van der Waals surface area (Å²) in [5.41, 5.74) is 2.03. The van der Waals surface area contributed by atoms with Gasteiger partial charge in [0.25, 0.3) is 5.56 Å². The number of para-hydroxylation sites is 1. The number of hydrogen-bond acceptors (Lipinski definition) is 5. The lowest BCUT2D eigenvalue weighted by Crippen LogP contribution is -2.43. The van der Waals surface area contributed by atoms with Crippen LogP contribution in [0.3, 0.4) is 0 Å². The van der Waals surface area contributed by atoms with E-state index in [1.807, 2.05) is 55.1 Å². The highest BCUT2D eigenvalue weighted by atomic mass is 16.5. The van der Waals surface area contributed by atoms with Gasteiger partial charge in [-0.25, -0.2) is 4.98 Å². The van der Waals surface area contributed by atoms with Crippen LogP contribution in [0.5, 0.6) is 5.75 Å². The molecule has 4 rings (SSSR count). The minimum atomic E-state index is -0.434. The van der Waals surface area contributed by atoms with Gasteiger partial charge in [0, 0.05) is 19.6 Å². The molecule has 1 fully saturated rings. The molecule has 0 bridgehead atoms. The van der Waals surface area contributed by atoms with Gasteiger partial charge < -0.3 is 14.4 Å². The summed E-state index contributed by atoms with van der Waals surface area (Å²) in [7, 11) is 3.21. The Morgan fingerprint density at radius 3 is 2.64 bits per heavy atom. The molecule has 0 radical (unpaired) electrons. The first-order valence-corrected chi connectivity index (χ1v) is 11.4. The smallest absolute Gasteiger partial charge is 0.266 e. The number of ether oxygens (including phenoxy) is 2. The number of carbonyl (C=O) groups is 1. The highest BCUT2D eigenvalue weighted by Gasteiger charge is 2.34. The maximum absolute atomic E-state index is 13.8. The molecule has 33 heavy (non-hydrogen) atoms. The highest BCUT2D eigenvalue weighted by Crippen LogP contribution is 2.33. The molecule has 0 aliphatic heterocycles. The summed E-state index contributed by atoms with van der Waals surface area (Å²) >= 11 is 0. The third-order valence-corrected chi connectivity index (χ3v) is 6.49. The quantitative estimate of drug-likeness (QED) is 0.519. The summed E-state index contributed by atoms with van der Waals surface area (Å²) in [6.45, 7) is 4.74. The monoisotopic (exact) mass is 449 g/mol. The van der Waals surface area contributed by atoms with Gasteiger partial charge in [0.05, 0.1) is 36.3 Å². The number of carbonyl (C=O) groups excluding carboxylic acids is 1. The fourth-order valence-electron chi connectivity index (χ4n) is 4.35. The van der Waals surface area contributed by atoms with Crippen LogP contribution in [0.2, 0.25) is 0 Å². The van der Waals surface area contributed by atoms with E-state index in [1.54, 1.807) is 24.9 Å². The van der Waals surface area contributed by atoms with Crippen molar-refractivity contribution in [1.82, 2.24) is 14.5 Å². The molecule has 7 heteroatoms. The van der Waals surface area contributed by atoms with Crippen molar-refractivity contribution >= 4 is 16.8 Å². The summed E-state index contributed by atoms with van der Waals surface area (Å²) < 4.78 is 12.5. The number of methoxy groups -OCH3 is 2. The molecule has 7 nitrogen and oxygen atoms in total. The average Bonchev–Trinajstić information content (AvgIpc) is 2.78. The maximum Gasteiger partial charge on any atom is 0.266 e. The molecule has 1 amide bonds. The van der Waals surface area contributed by atoms with E-state index in [-0.39, 0.29) is 17.4 Å². The van der Waals surface area contributed by atoms with Crippen LogP contribution in [0.4, 0.5) is 0 Å². The molecule has 1 saturated carbocycles. The van der Waals surface area contributed by atoms with Crippen molar-refractivity contribution in [2.45, 2.75) is 39.2 Å². The second-order valence-electron chi connectivity index (χ2n) is 8.63. The number of hydrogen-bond donors (Lipinski definition) is 0. The van der Waals surface area contributed by atoms with Gasteiger partial charge in [-0.15, -0.1) is 0 Å². The molecule has 0 N–H and O–H groups in total. The van der Waals surface area contributed by atoms with E-state index in [1.165, 1.54) is 0 Å². The number of aryl methyl sites for hydroxylation is 1. The van der Waals surface area contributed by atoms with E-state index in [0.29, 0.717) is 41.3 Å². The zero-order valence-corrected chi connectivity index (χ0v) is 19.7. The first-order chi connectivity index (χ1) is 16.0. The Balaban J connectivity index is 1.93. The summed E-state index contributed by atoms with van der Waals surface area (Å²) in [6, 6.07) is 12.6. The number of nitrogens with zero attached hydrogens (tertiary/aromatic N) is 3. The van der Waals surface area contributed by atoms with Crippen LogP contribution < -0.4 is 10.3 Å². The Bertz CT molecular complexity index is 1220. The molecular formula is C26H31N3O4. The molecule has 3 aromatic rings. The first kappa shape index (κ1) is 23.0. The topological polar surface area (TPSA) is 73.7 Å². The van der Waals surface area contributed by atoms with Crippen LogP contribution >= 0.6 is 0 Å². The maximum atomic E-state index is 13.8. The van der Waals surface area contributed by atoms with Gasteiger partial charge >= 0.3 is 0 Å². The standard InChI is InChI=1S/C26H31N3O4/c1-17-12-13-23(33-4)22(16-17)29-24(27-21-11-6-5-10-20(21)26(29)31)18(2)28(14-15-32-3)25(30)19-8-7-9-19/h5-6,10-13,16,18-19H,7-9,14-15H2,1-4H3. The zero-order valence-electron chi connectivity index (χ0n) is 19.7. The number of rotatable bonds is 8. The summed E-state index contributed by atoms with van der Waals surface area (Å²) in [5.74, 6) is 1.20. The molecule has 174 valence electrons. The molecule has 1 aliphatic carbocycles. The van der Waals surface area contributed by atoms with Crippen molar-refractivity contribution in [2.75, 3.05) is 27.4 Å². The Morgan fingerprint density at radius 1 is 1.21 bits per heavy atom. The second-order valence-corrected chi connectivity index (χ2v) is 8.63. The predicted octanol–water partition coefficient (Wildman–Crippen LogP) is 4.04. The lowest BCUT2D eigenvalue weighted by molar-refractivity contribution is -0.141. The zero-order chi connectivity index (χ0) is 23.5. The van der Waals surface area contributed by atoms with Crippen molar-refractivity contribution in [2.24, 2.45) is 5.92 Å². The average molecular weight is 450 g/mol. The van der Waals surface area contributed by atoms with Gasteiger partial charge in [0.1, 0.15) is 11.6 Å². The van der Waals surface area contributed by atoms with Crippen molar-refractivity contribution in [1.29, 1.82) is 0 Å². The molecule has 1 unspecified atom stereocenters. The van der Waals surface area contributed by atoms with Crippen LogP contribution in [0, 0.1) is 12.8 Å². The highest BCUT2D eigenvalue weighted by molar-refractivity contribution is 5.81. The minimum Gasteiger partial charge on any atom is -0.495 e. The Hall–Kier alpha value is -3.19. The summed E-state index contributed by atoms with van der Waals surface area (Å²) in [4.78, 5) is 33.8. The Kier molecular flexibility index (Phi) is 6.79. The molecule has 1 aromatic heterocycles. The molecule has 1 aliphatic rings. The van der Waals surface area contributed by atoms with Crippen LogP contribution in [0.15, 0.2) is 47.3 Å². The van der Waals surface area contributed by atoms with E-state index in [4.69, 9.17) is 14.5 Å². The van der Waals surface area contributed by atoms with E-state index in [2.05, 4.69) is 0 Å². The van der Waals surface area contributed by atoms with Gasteiger partial charge in [-0.2, -0.15) is 0 Å². The first-order valence-electron chi connectivity index (χ1n) is 11.4. The molecular weight excluding hydrogens is 418 g/mol. The number of benzene rings is 2.